The lowest BCUT2D eigenvalue weighted by Crippen LogP contribution is -2.56. The summed E-state index contributed by atoms with van der Waals surface area (Å²) in [6.07, 6.45) is 9.49. The van der Waals surface area contributed by atoms with E-state index < -0.39 is 0 Å². The van der Waals surface area contributed by atoms with Gasteiger partial charge in [-0.3, -0.25) is 0 Å². The molecule has 0 saturated heterocycles. The van der Waals surface area contributed by atoms with E-state index in [0.717, 1.165) is 5.75 Å². The van der Waals surface area contributed by atoms with E-state index in [9.17, 15) is 0 Å². The fourth-order valence-corrected chi connectivity index (χ4v) is 2.98. The third-order valence-corrected chi connectivity index (χ3v) is 4.56. The Labute approximate surface area is 113 Å². The largest absolute Gasteiger partial charge is 0.305 e. The molecule has 0 aliphatic heterocycles. The fraction of sp³-hybridized carbons (Fsp3) is 1.00. The third kappa shape index (κ3) is 4.80. The first kappa shape index (κ1) is 15.3. The first-order chi connectivity index (χ1) is 8.10. The van der Waals surface area contributed by atoms with E-state index in [1.54, 1.807) is 0 Å². The van der Waals surface area contributed by atoms with Gasteiger partial charge in [0.1, 0.15) is 0 Å². The highest BCUT2D eigenvalue weighted by Gasteiger charge is 2.39. The Balaban J connectivity index is 2.13. The predicted octanol–water partition coefficient (Wildman–Crippen LogP) is 2.89. The molecule has 3 heteroatoms. The van der Waals surface area contributed by atoms with Crippen molar-refractivity contribution in [1.82, 2.24) is 9.80 Å². The molecule has 1 saturated carbocycles. The molecule has 0 heterocycles. The van der Waals surface area contributed by atoms with E-state index in [-0.39, 0.29) is 0 Å². The molecule has 0 spiro atoms. The molecule has 0 radical (unpaired) electrons. The van der Waals surface area contributed by atoms with Crippen molar-refractivity contribution in [3.8, 4) is 0 Å². The van der Waals surface area contributed by atoms with Gasteiger partial charge in [0.25, 0.3) is 0 Å². The summed E-state index contributed by atoms with van der Waals surface area (Å²) in [6, 6.07) is 0. The van der Waals surface area contributed by atoms with Gasteiger partial charge in [-0.15, -0.1) is 0 Å². The predicted molar refractivity (Wildman–Crippen MR) is 80.1 cm³/mol. The molecule has 102 valence electrons. The Morgan fingerprint density at radius 2 is 1.65 bits per heavy atom. The number of unbranched alkanes of at least 4 members (excludes halogenated alkanes) is 3. The number of hydrogen-bond donors (Lipinski definition) is 1. The molecular weight excluding hydrogens is 228 g/mol. The van der Waals surface area contributed by atoms with Gasteiger partial charge in [0.2, 0.25) is 0 Å². The van der Waals surface area contributed by atoms with Crippen molar-refractivity contribution in [3.05, 3.63) is 0 Å². The molecule has 0 aromatic heterocycles. The van der Waals surface area contributed by atoms with Crippen molar-refractivity contribution in [3.63, 3.8) is 0 Å². The van der Waals surface area contributed by atoms with E-state index in [4.69, 9.17) is 0 Å². The highest BCUT2D eigenvalue weighted by Crippen LogP contribution is 2.36. The lowest BCUT2D eigenvalue weighted by molar-refractivity contribution is 0.0275. The molecule has 1 aliphatic rings. The molecule has 0 amide bonds. The Morgan fingerprint density at radius 3 is 2.12 bits per heavy atom. The number of rotatable bonds is 9. The van der Waals surface area contributed by atoms with E-state index in [1.165, 1.54) is 58.0 Å². The Hall–Kier alpha value is 0.270. The second kappa shape index (κ2) is 7.65. The van der Waals surface area contributed by atoms with Crippen molar-refractivity contribution in [2.75, 3.05) is 40.0 Å². The lowest BCUT2D eigenvalue weighted by atomic mass is 9.75. The highest BCUT2D eigenvalue weighted by molar-refractivity contribution is 7.80. The van der Waals surface area contributed by atoms with Crippen LogP contribution in [0.15, 0.2) is 0 Å². The molecule has 0 atom stereocenters. The summed E-state index contributed by atoms with van der Waals surface area (Å²) in [5.41, 5.74) is 0.486. The summed E-state index contributed by atoms with van der Waals surface area (Å²) >= 11 is 4.25. The van der Waals surface area contributed by atoms with Crippen LogP contribution in [0.4, 0.5) is 0 Å². The van der Waals surface area contributed by atoms with E-state index in [1.807, 2.05) is 0 Å². The number of likely N-dealkylation sites (N-methyl/N-ethyl adjacent to an activating group) is 2. The standard InChI is InChI=1S/C14H30N2S/c1-15(2)14(9-8-10-14)13-16(3)11-6-4-5-7-12-17/h17H,4-13H2,1-3H3. The quantitative estimate of drug-likeness (QED) is 0.502. The summed E-state index contributed by atoms with van der Waals surface area (Å²) in [5, 5.41) is 0. The van der Waals surface area contributed by atoms with Gasteiger partial charge in [0.05, 0.1) is 0 Å². The fourth-order valence-electron chi connectivity index (χ4n) is 2.76. The molecule has 0 aromatic carbocycles. The van der Waals surface area contributed by atoms with Crippen molar-refractivity contribution in [2.24, 2.45) is 0 Å². The van der Waals surface area contributed by atoms with Crippen molar-refractivity contribution in [2.45, 2.75) is 50.5 Å². The van der Waals surface area contributed by atoms with Crippen LogP contribution < -0.4 is 0 Å². The molecule has 0 unspecified atom stereocenters. The van der Waals surface area contributed by atoms with Crippen LogP contribution in [0, 0.1) is 0 Å². The van der Waals surface area contributed by atoms with Crippen LogP contribution in [-0.2, 0) is 0 Å². The number of nitrogens with zero attached hydrogens (tertiary/aromatic N) is 2. The van der Waals surface area contributed by atoms with Crippen LogP contribution in [0.25, 0.3) is 0 Å². The summed E-state index contributed by atoms with van der Waals surface area (Å²) in [5.74, 6) is 1.04. The van der Waals surface area contributed by atoms with Gasteiger partial charge in [-0.1, -0.05) is 12.8 Å². The van der Waals surface area contributed by atoms with Crippen LogP contribution in [0.1, 0.15) is 44.9 Å². The maximum absolute atomic E-state index is 4.25. The maximum atomic E-state index is 4.25. The van der Waals surface area contributed by atoms with Gasteiger partial charge in [-0.2, -0.15) is 12.6 Å². The Morgan fingerprint density at radius 1 is 1.00 bits per heavy atom. The van der Waals surface area contributed by atoms with Crippen molar-refractivity contribution in [1.29, 1.82) is 0 Å². The average molecular weight is 258 g/mol. The van der Waals surface area contributed by atoms with Gasteiger partial charge >= 0.3 is 0 Å². The minimum Gasteiger partial charge on any atom is -0.305 e. The molecule has 0 bridgehead atoms. The zero-order valence-corrected chi connectivity index (χ0v) is 12.8. The number of thiol groups is 1. The normalized spacial score (nSPS) is 18.7. The van der Waals surface area contributed by atoms with Crippen LogP contribution in [0.2, 0.25) is 0 Å². The zero-order valence-electron chi connectivity index (χ0n) is 11.9. The van der Waals surface area contributed by atoms with Crippen molar-refractivity contribution < 1.29 is 0 Å². The first-order valence-electron chi connectivity index (χ1n) is 7.07. The smallest absolute Gasteiger partial charge is 0.0330 e. The second-order valence-electron chi connectivity index (χ2n) is 5.85. The second-order valence-corrected chi connectivity index (χ2v) is 6.30. The van der Waals surface area contributed by atoms with E-state index in [2.05, 4.69) is 43.6 Å². The molecule has 1 fully saturated rings. The lowest BCUT2D eigenvalue weighted by Gasteiger charge is -2.49. The molecule has 2 nitrogen and oxygen atoms in total. The SMILES string of the molecule is CN(CCCCCCS)CC1(N(C)C)CCC1. The van der Waals surface area contributed by atoms with Crippen LogP contribution in [-0.4, -0.2) is 55.3 Å². The highest BCUT2D eigenvalue weighted by atomic mass is 32.1. The average Bonchev–Trinajstić information content (AvgIpc) is 2.22. The summed E-state index contributed by atoms with van der Waals surface area (Å²) < 4.78 is 0. The minimum atomic E-state index is 0.486. The molecule has 0 N–H and O–H groups in total. The van der Waals surface area contributed by atoms with Gasteiger partial charge in [-0.05, 0) is 65.5 Å². The first-order valence-corrected chi connectivity index (χ1v) is 7.71. The number of hydrogen-bond acceptors (Lipinski definition) is 3. The molecule has 1 aliphatic carbocycles. The van der Waals surface area contributed by atoms with Crippen LogP contribution in [0.5, 0.6) is 0 Å². The van der Waals surface area contributed by atoms with Crippen LogP contribution in [0.3, 0.4) is 0 Å². The Bertz CT molecular complexity index is 202. The summed E-state index contributed by atoms with van der Waals surface area (Å²) in [7, 11) is 6.75. The zero-order chi connectivity index (χ0) is 12.7. The van der Waals surface area contributed by atoms with Gasteiger partial charge in [0, 0.05) is 12.1 Å². The van der Waals surface area contributed by atoms with Crippen LogP contribution >= 0.6 is 12.6 Å². The summed E-state index contributed by atoms with van der Waals surface area (Å²) in [6.45, 7) is 2.49. The van der Waals surface area contributed by atoms with Gasteiger partial charge < -0.3 is 9.80 Å². The third-order valence-electron chi connectivity index (χ3n) is 4.25. The minimum absolute atomic E-state index is 0.486. The van der Waals surface area contributed by atoms with Crippen molar-refractivity contribution >= 4 is 12.6 Å². The maximum Gasteiger partial charge on any atom is 0.0330 e. The molecule has 17 heavy (non-hydrogen) atoms. The Kier molecular flexibility index (Phi) is 6.90. The molecule has 1 rings (SSSR count). The topological polar surface area (TPSA) is 6.48 Å². The van der Waals surface area contributed by atoms with Gasteiger partial charge in [0.15, 0.2) is 0 Å². The van der Waals surface area contributed by atoms with E-state index in [0.29, 0.717) is 5.54 Å². The summed E-state index contributed by atoms with van der Waals surface area (Å²) in [4.78, 5) is 4.97. The molecular formula is C14H30N2S. The van der Waals surface area contributed by atoms with Gasteiger partial charge in [-0.25, -0.2) is 0 Å². The molecule has 0 aromatic rings. The monoisotopic (exact) mass is 258 g/mol. The van der Waals surface area contributed by atoms with E-state index >= 15 is 0 Å².